The molecule has 10 heteroatoms. The van der Waals surface area contributed by atoms with Crippen LogP contribution in [0.4, 0.5) is 22.9 Å². The highest BCUT2D eigenvalue weighted by Gasteiger charge is 2.30. The highest BCUT2D eigenvalue weighted by atomic mass is 16.6. The Kier molecular flexibility index (Phi) is 5.48. The summed E-state index contributed by atoms with van der Waals surface area (Å²) in [6.07, 6.45) is 1.32. The van der Waals surface area contributed by atoms with Crippen molar-refractivity contribution in [1.29, 1.82) is 0 Å². The van der Waals surface area contributed by atoms with E-state index in [0.29, 0.717) is 25.2 Å². The first-order chi connectivity index (χ1) is 13.3. The van der Waals surface area contributed by atoms with E-state index in [1.165, 1.54) is 12.1 Å². The van der Waals surface area contributed by atoms with Crippen molar-refractivity contribution < 1.29 is 14.6 Å². The van der Waals surface area contributed by atoms with Crippen molar-refractivity contribution in [1.82, 2.24) is 4.98 Å². The van der Waals surface area contributed by atoms with Gasteiger partial charge < -0.3 is 10.2 Å². The minimum Gasteiger partial charge on any atom is -0.365 e. The lowest BCUT2D eigenvalue weighted by Crippen LogP contribution is -2.41. The Hall–Kier alpha value is -3.56. The summed E-state index contributed by atoms with van der Waals surface area (Å²) in [5, 5.41) is 25.1. The van der Waals surface area contributed by atoms with Gasteiger partial charge in [0, 0.05) is 24.8 Å². The second-order valence-electron chi connectivity index (χ2n) is 6.63. The number of pyridine rings is 1. The molecule has 2 aromatic rings. The molecule has 1 aromatic carbocycles. The number of hydrogen-bond acceptors (Lipinski definition) is 7. The number of aryl methyl sites for hydroxylation is 1. The van der Waals surface area contributed by atoms with Crippen molar-refractivity contribution in [2.45, 2.75) is 19.8 Å². The lowest BCUT2D eigenvalue weighted by atomic mass is 9.96. The maximum atomic E-state index is 12.6. The molecule has 2 heterocycles. The number of carbonyl (C=O) groups excluding carboxylic acids is 1. The number of benzene rings is 1. The lowest BCUT2D eigenvalue weighted by molar-refractivity contribution is -0.393. The van der Waals surface area contributed by atoms with E-state index in [1.807, 2.05) is 13.0 Å². The van der Waals surface area contributed by atoms with Crippen LogP contribution < -0.4 is 10.2 Å². The number of carbonyl (C=O) groups is 1. The van der Waals surface area contributed by atoms with Crippen LogP contribution >= 0.6 is 0 Å². The quantitative estimate of drug-likeness (QED) is 0.618. The molecule has 1 fully saturated rings. The zero-order chi connectivity index (χ0) is 20.3. The summed E-state index contributed by atoms with van der Waals surface area (Å²) in [4.78, 5) is 39.6. The van der Waals surface area contributed by atoms with E-state index in [2.05, 4.69) is 10.3 Å². The molecule has 0 spiro atoms. The molecule has 1 N–H and O–H groups in total. The molecule has 1 saturated heterocycles. The number of rotatable bonds is 5. The Labute approximate surface area is 160 Å². The first-order valence-electron chi connectivity index (χ1n) is 8.77. The Balaban J connectivity index is 1.78. The van der Waals surface area contributed by atoms with E-state index in [-0.39, 0.29) is 35.4 Å². The Morgan fingerprint density at radius 1 is 1.21 bits per heavy atom. The van der Waals surface area contributed by atoms with E-state index in [4.69, 9.17) is 0 Å². The molecule has 0 radical (unpaired) electrons. The molecule has 28 heavy (non-hydrogen) atoms. The van der Waals surface area contributed by atoms with Crippen LogP contribution in [0, 0.1) is 33.1 Å². The number of nitro groups is 2. The summed E-state index contributed by atoms with van der Waals surface area (Å²) < 4.78 is 0. The van der Waals surface area contributed by atoms with Gasteiger partial charge in [0.15, 0.2) is 0 Å². The van der Waals surface area contributed by atoms with Gasteiger partial charge in [0.2, 0.25) is 5.91 Å². The van der Waals surface area contributed by atoms with Crippen LogP contribution in [0.1, 0.15) is 18.5 Å². The third-order valence-corrected chi connectivity index (χ3v) is 4.64. The fourth-order valence-corrected chi connectivity index (χ4v) is 3.29. The number of nitrogens with one attached hydrogen (secondary N) is 1. The van der Waals surface area contributed by atoms with E-state index < -0.39 is 9.85 Å². The standard InChI is InChI=1S/C18H19N5O5/c1-12-4-2-6-17(19-12)20-18(24)13-5-3-9-21(11-13)15-8-7-14(22(25)26)10-16(15)23(27)28/h2,4,6-8,10,13H,3,5,9,11H2,1H3,(H,19,20,24). The molecule has 146 valence electrons. The molecule has 1 aromatic heterocycles. The molecule has 1 atom stereocenters. The van der Waals surface area contributed by atoms with Gasteiger partial charge in [-0.15, -0.1) is 0 Å². The summed E-state index contributed by atoms with van der Waals surface area (Å²) >= 11 is 0. The van der Waals surface area contributed by atoms with Crippen molar-refractivity contribution in [3.63, 3.8) is 0 Å². The lowest BCUT2D eigenvalue weighted by Gasteiger charge is -2.33. The zero-order valence-electron chi connectivity index (χ0n) is 15.2. The van der Waals surface area contributed by atoms with Gasteiger partial charge in [-0.05, 0) is 38.0 Å². The van der Waals surface area contributed by atoms with Crippen molar-refractivity contribution >= 4 is 28.8 Å². The first kappa shape index (κ1) is 19.2. The zero-order valence-corrected chi connectivity index (χ0v) is 15.2. The third kappa shape index (κ3) is 4.22. The van der Waals surface area contributed by atoms with Crippen LogP contribution in [-0.2, 0) is 4.79 Å². The van der Waals surface area contributed by atoms with Crippen molar-refractivity contribution in [2.24, 2.45) is 5.92 Å². The molecule has 0 aliphatic carbocycles. The van der Waals surface area contributed by atoms with E-state index in [0.717, 1.165) is 11.8 Å². The fraction of sp³-hybridized carbons (Fsp3) is 0.333. The highest BCUT2D eigenvalue weighted by molar-refractivity contribution is 5.92. The van der Waals surface area contributed by atoms with Gasteiger partial charge in [-0.3, -0.25) is 25.0 Å². The molecule has 1 aliphatic heterocycles. The molecule has 1 unspecified atom stereocenters. The Bertz CT molecular complexity index is 932. The number of anilines is 2. The van der Waals surface area contributed by atoms with Gasteiger partial charge in [-0.1, -0.05) is 6.07 Å². The summed E-state index contributed by atoms with van der Waals surface area (Å²) in [6, 6.07) is 8.89. The summed E-state index contributed by atoms with van der Waals surface area (Å²) in [5.74, 6) is -0.110. The van der Waals surface area contributed by atoms with E-state index >= 15 is 0 Å². The molecule has 1 amide bonds. The van der Waals surface area contributed by atoms with Crippen molar-refractivity contribution in [3.8, 4) is 0 Å². The van der Waals surface area contributed by atoms with Gasteiger partial charge in [0.1, 0.15) is 11.5 Å². The van der Waals surface area contributed by atoms with E-state index in [9.17, 15) is 25.0 Å². The maximum Gasteiger partial charge on any atom is 0.299 e. The van der Waals surface area contributed by atoms with Crippen LogP contribution in [-0.4, -0.2) is 33.8 Å². The molecule has 3 rings (SSSR count). The van der Waals surface area contributed by atoms with Gasteiger partial charge in [-0.2, -0.15) is 0 Å². The van der Waals surface area contributed by atoms with Gasteiger partial charge in [0.05, 0.1) is 21.8 Å². The second-order valence-corrected chi connectivity index (χ2v) is 6.63. The van der Waals surface area contributed by atoms with Crippen LogP contribution in [0.3, 0.4) is 0 Å². The first-order valence-corrected chi connectivity index (χ1v) is 8.77. The predicted octanol–water partition coefficient (Wildman–Crippen LogP) is 3.06. The van der Waals surface area contributed by atoms with Crippen molar-refractivity contribution in [2.75, 3.05) is 23.3 Å². The molecular formula is C18H19N5O5. The van der Waals surface area contributed by atoms with E-state index in [1.54, 1.807) is 17.0 Å². The van der Waals surface area contributed by atoms with Crippen LogP contribution in [0.2, 0.25) is 0 Å². The second kappa shape index (κ2) is 7.99. The summed E-state index contributed by atoms with van der Waals surface area (Å²) in [5.41, 5.74) is 0.384. The molecule has 0 bridgehead atoms. The summed E-state index contributed by atoms with van der Waals surface area (Å²) in [7, 11) is 0. The minimum atomic E-state index is -0.669. The maximum absolute atomic E-state index is 12.6. The number of piperidine rings is 1. The average molecular weight is 385 g/mol. The van der Waals surface area contributed by atoms with Crippen molar-refractivity contribution in [3.05, 3.63) is 62.3 Å². The van der Waals surface area contributed by atoms with Gasteiger partial charge in [0.25, 0.3) is 11.4 Å². The third-order valence-electron chi connectivity index (χ3n) is 4.64. The number of hydrogen-bond donors (Lipinski definition) is 1. The number of nitro benzene ring substituents is 2. The van der Waals surface area contributed by atoms with Gasteiger partial charge >= 0.3 is 0 Å². The number of amides is 1. The predicted molar refractivity (Wildman–Crippen MR) is 102 cm³/mol. The largest absolute Gasteiger partial charge is 0.365 e. The SMILES string of the molecule is Cc1cccc(NC(=O)C2CCCN(c3ccc([N+](=O)[O-])cc3[N+](=O)[O-])C2)n1. The van der Waals surface area contributed by atoms with Crippen LogP contribution in [0.15, 0.2) is 36.4 Å². The summed E-state index contributed by atoms with van der Waals surface area (Å²) in [6.45, 7) is 2.65. The van der Waals surface area contributed by atoms with Gasteiger partial charge in [-0.25, -0.2) is 4.98 Å². The number of aromatic nitrogens is 1. The molecule has 10 nitrogen and oxygen atoms in total. The minimum absolute atomic E-state index is 0.202. The topological polar surface area (TPSA) is 132 Å². The monoisotopic (exact) mass is 385 g/mol. The molecular weight excluding hydrogens is 366 g/mol. The fourth-order valence-electron chi connectivity index (χ4n) is 3.29. The smallest absolute Gasteiger partial charge is 0.299 e. The Morgan fingerprint density at radius 2 is 2.00 bits per heavy atom. The molecule has 0 saturated carbocycles. The highest BCUT2D eigenvalue weighted by Crippen LogP contribution is 2.34. The number of non-ortho nitro benzene ring substituents is 1. The Morgan fingerprint density at radius 3 is 2.68 bits per heavy atom. The molecule has 1 aliphatic rings. The average Bonchev–Trinajstić information content (AvgIpc) is 2.67. The van der Waals surface area contributed by atoms with Crippen LogP contribution in [0.5, 0.6) is 0 Å². The van der Waals surface area contributed by atoms with Crippen LogP contribution in [0.25, 0.3) is 0 Å². The number of nitrogens with zero attached hydrogens (tertiary/aromatic N) is 4. The normalized spacial score (nSPS) is 16.5.